The first-order valence-electron chi connectivity index (χ1n) is 6.73. The molecule has 0 amide bonds. The van der Waals surface area contributed by atoms with Gasteiger partial charge in [0.1, 0.15) is 12.4 Å². The van der Waals surface area contributed by atoms with Crippen LogP contribution in [0.15, 0.2) is 18.2 Å². The van der Waals surface area contributed by atoms with E-state index in [1.807, 2.05) is 18.2 Å². The number of aryl methyl sites for hydroxylation is 1. The van der Waals surface area contributed by atoms with Gasteiger partial charge in [-0.15, -0.1) is 0 Å². The van der Waals surface area contributed by atoms with Gasteiger partial charge in [0.05, 0.1) is 5.75 Å². The SMILES string of the molecule is CCS(=O)(=O)CCOc1ccc2c(c1)CCCC2N. The molecule has 2 N–H and O–H groups in total. The zero-order valence-electron chi connectivity index (χ0n) is 11.3. The fraction of sp³-hybridized carbons (Fsp3) is 0.571. The van der Waals surface area contributed by atoms with Crippen LogP contribution in [-0.2, 0) is 16.3 Å². The van der Waals surface area contributed by atoms with Gasteiger partial charge in [-0.05, 0) is 42.5 Å². The van der Waals surface area contributed by atoms with Crippen LogP contribution in [0, 0.1) is 0 Å². The molecule has 0 saturated heterocycles. The lowest BCUT2D eigenvalue weighted by Gasteiger charge is -2.22. The molecule has 5 heteroatoms. The minimum Gasteiger partial charge on any atom is -0.493 e. The topological polar surface area (TPSA) is 69.4 Å². The highest BCUT2D eigenvalue weighted by atomic mass is 32.2. The number of rotatable bonds is 5. The lowest BCUT2D eigenvalue weighted by atomic mass is 9.88. The van der Waals surface area contributed by atoms with Gasteiger partial charge in [0.2, 0.25) is 0 Å². The molecule has 1 atom stereocenters. The molecule has 2 rings (SSSR count). The molecule has 0 saturated carbocycles. The van der Waals surface area contributed by atoms with Crippen molar-refractivity contribution in [2.75, 3.05) is 18.1 Å². The summed E-state index contributed by atoms with van der Waals surface area (Å²) >= 11 is 0. The quantitative estimate of drug-likeness (QED) is 0.895. The number of sulfone groups is 1. The molecule has 0 bridgehead atoms. The van der Waals surface area contributed by atoms with Gasteiger partial charge in [-0.2, -0.15) is 0 Å². The Labute approximate surface area is 114 Å². The molecular weight excluding hydrogens is 262 g/mol. The average molecular weight is 283 g/mol. The largest absolute Gasteiger partial charge is 0.493 e. The highest BCUT2D eigenvalue weighted by molar-refractivity contribution is 7.91. The first kappa shape index (κ1) is 14.3. The third-order valence-corrected chi connectivity index (χ3v) is 5.25. The zero-order valence-corrected chi connectivity index (χ0v) is 12.1. The van der Waals surface area contributed by atoms with Gasteiger partial charge < -0.3 is 10.5 Å². The number of ether oxygens (including phenoxy) is 1. The maximum Gasteiger partial charge on any atom is 0.153 e. The second-order valence-electron chi connectivity index (χ2n) is 4.94. The van der Waals surface area contributed by atoms with E-state index in [0.29, 0.717) is 0 Å². The predicted molar refractivity (Wildman–Crippen MR) is 76.1 cm³/mol. The highest BCUT2D eigenvalue weighted by Crippen LogP contribution is 2.30. The molecule has 0 aliphatic heterocycles. The van der Waals surface area contributed by atoms with Crippen LogP contribution in [0.3, 0.4) is 0 Å². The van der Waals surface area contributed by atoms with Crippen molar-refractivity contribution in [1.29, 1.82) is 0 Å². The van der Waals surface area contributed by atoms with E-state index in [-0.39, 0.29) is 24.2 Å². The molecular formula is C14H21NO3S. The van der Waals surface area contributed by atoms with Crippen molar-refractivity contribution < 1.29 is 13.2 Å². The summed E-state index contributed by atoms with van der Waals surface area (Å²) in [5.74, 6) is 0.967. The van der Waals surface area contributed by atoms with Crippen LogP contribution in [-0.4, -0.2) is 26.5 Å². The second-order valence-corrected chi connectivity index (χ2v) is 7.42. The lowest BCUT2D eigenvalue weighted by Crippen LogP contribution is -2.18. The summed E-state index contributed by atoms with van der Waals surface area (Å²) in [4.78, 5) is 0. The summed E-state index contributed by atoms with van der Waals surface area (Å²) in [6.45, 7) is 1.86. The average Bonchev–Trinajstić information content (AvgIpc) is 2.39. The van der Waals surface area contributed by atoms with Crippen molar-refractivity contribution in [3.8, 4) is 5.75 Å². The molecule has 0 aromatic heterocycles. The van der Waals surface area contributed by atoms with E-state index in [1.165, 1.54) is 11.1 Å². The van der Waals surface area contributed by atoms with Crippen LogP contribution in [0.1, 0.15) is 36.9 Å². The molecule has 1 aliphatic rings. The fourth-order valence-electron chi connectivity index (χ4n) is 2.35. The van der Waals surface area contributed by atoms with E-state index in [0.717, 1.165) is 25.0 Å². The number of hydrogen-bond donors (Lipinski definition) is 1. The van der Waals surface area contributed by atoms with E-state index < -0.39 is 9.84 Å². The summed E-state index contributed by atoms with van der Waals surface area (Å²) in [7, 11) is -2.96. The fourth-order valence-corrected chi connectivity index (χ4v) is 2.97. The zero-order chi connectivity index (χ0) is 13.9. The minimum absolute atomic E-state index is 0.0695. The summed E-state index contributed by atoms with van der Waals surface area (Å²) < 4.78 is 28.3. The lowest BCUT2D eigenvalue weighted by molar-refractivity contribution is 0.340. The van der Waals surface area contributed by atoms with Gasteiger partial charge in [0, 0.05) is 11.8 Å². The Balaban J connectivity index is 1.99. The van der Waals surface area contributed by atoms with Crippen molar-refractivity contribution >= 4 is 9.84 Å². The Morgan fingerprint density at radius 3 is 2.95 bits per heavy atom. The van der Waals surface area contributed by atoms with Crippen molar-refractivity contribution in [2.45, 2.75) is 32.2 Å². The van der Waals surface area contributed by atoms with E-state index in [2.05, 4.69) is 0 Å². The number of nitrogens with two attached hydrogens (primary N) is 1. The van der Waals surface area contributed by atoms with E-state index in [9.17, 15) is 8.42 Å². The Bertz CT molecular complexity index is 540. The molecule has 106 valence electrons. The van der Waals surface area contributed by atoms with Crippen molar-refractivity contribution in [3.05, 3.63) is 29.3 Å². The van der Waals surface area contributed by atoms with Crippen molar-refractivity contribution in [3.63, 3.8) is 0 Å². The van der Waals surface area contributed by atoms with Gasteiger partial charge in [-0.25, -0.2) is 8.42 Å². The molecule has 1 aromatic carbocycles. The third-order valence-electron chi connectivity index (χ3n) is 3.58. The molecule has 1 aromatic rings. The van der Waals surface area contributed by atoms with Crippen molar-refractivity contribution in [1.82, 2.24) is 0 Å². The molecule has 0 spiro atoms. The first-order valence-corrected chi connectivity index (χ1v) is 8.55. The Kier molecular flexibility index (Phi) is 4.47. The normalized spacial score (nSPS) is 18.9. The van der Waals surface area contributed by atoms with Gasteiger partial charge >= 0.3 is 0 Å². The predicted octanol–water partition coefficient (Wildman–Crippen LogP) is 1.84. The molecule has 1 unspecified atom stereocenters. The number of hydrogen-bond acceptors (Lipinski definition) is 4. The standard InChI is InChI=1S/C14H21NO3S/c1-2-19(16,17)9-8-18-12-6-7-13-11(10-12)4-3-5-14(13)15/h6-7,10,14H,2-5,8-9,15H2,1H3. The maximum atomic E-state index is 11.4. The van der Waals surface area contributed by atoms with Gasteiger partial charge in [-0.1, -0.05) is 13.0 Å². The van der Waals surface area contributed by atoms with Crippen LogP contribution in [0.25, 0.3) is 0 Å². The Morgan fingerprint density at radius 1 is 1.42 bits per heavy atom. The molecule has 0 radical (unpaired) electrons. The van der Waals surface area contributed by atoms with Crippen LogP contribution in [0.5, 0.6) is 5.75 Å². The molecule has 19 heavy (non-hydrogen) atoms. The van der Waals surface area contributed by atoms with E-state index >= 15 is 0 Å². The summed E-state index contributed by atoms with van der Waals surface area (Å²) in [6, 6.07) is 6.00. The number of benzene rings is 1. The van der Waals surface area contributed by atoms with Crippen LogP contribution in [0.4, 0.5) is 0 Å². The van der Waals surface area contributed by atoms with Crippen LogP contribution in [0.2, 0.25) is 0 Å². The monoisotopic (exact) mass is 283 g/mol. The van der Waals surface area contributed by atoms with Gasteiger partial charge in [0.25, 0.3) is 0 Å². The van der Waals surface area contributed by atoms with Crippen LogP contribution >= 0.6 is 0 Å². The molecule has 1 aliphatic carbocycles. The molecule has 4 nitrogen and oxygen atoms in total. The smallest absolute Gasteiger partial charge is 0.153 e. The highest BCUT2D eigenvalue weighted by Gasteiger charge is 2.17. The summed E-state index contributed by atoms with van der Waals surface area (Å²) in [6.07, 6.45) is 3.15. The minimum atomic E-state index is -2.96. The maximum absolute atomic E-state index is 11.4. The van der Waals surface area contributed by atoms with Gasteiger partial charge in [-0.3, -0.25) is 0 Å². The molecule has 0 heterocycles. The first-order chi connectivity index (χ1) is 9.02. The second kappa shape index (κ2) is 5.92. The summed E-state index contributed by atoms with van der Waals surface area (Å²) in [5.41, 5.74) is 8.48. The van der Waals surface area contributed by atoms with E-state index in [1.54, 1.807) is 6.92 Å². The van der Waals surface area contributed by atoms with Crippen molar-refractivity contribution in [2.24, 2.45) is 5.73 Å². The van der Waals surface area contributed by atoms with E-state index in [4.69, 9.17) is 10.5 Å². The summed E-state index contributed by atoms with van der Waals surface area (Å²) in [5, 5.41) is 0. The van der Waals surface area contributed by atoms with Crippen LogP contribution < -0.4 is 10.5 Å². The molecule has 0 fully saturated rings. The van der Waals surface area contributed by atoms with Gasteiger partial charge in [0.15, 0.2) is 9.84 Å². The Morgan fingerprint density at radius 2 is 2.21 bits per heavy atom. The number of fused-ring (bicyclic) bond motifs is 1. The third kappa shape index (κ3) is 3.70. The Hall–Kier alpha value is -1.07.